The van der Waals surface area contributed by atoms with Crippen molar-refractivity contribution >= 4 is 21.7 Å². The van der Waals surface area contributed by atoms with Gasteiger partial charge in [0, 0.05) is 16.5 Å². The Bertz CT molecular complexity index is 558. The SMILES string of the molecule is CCCc1ccc(C(=O)Cc2ccccc2Br)cc1. The molecule has 0 spiro atoms. The lowest BCUT2D eigenvalue weighted by Gasteiger charge is -2.05. The highest BCUT2D eigenvalue weighted by Crippen LogP contribution is 2.18. The summed E-state index contributed by atoms with van der Waals surface area (Å²) in [6.45, 7) is 2.16. The van der Waals surface area contributed by atoms with Gasteiger partial charge in [0.1, 0.15) is 0 Å². The Morgan fingerprint density at radius 2 is 1.74 bits per heavy atom. The van der Waals surface area contributed by atoms with Gasteiger partial charge in [-0.1, -0.05) is 71.7 Å². The van der Waals surface area contributed by atoms with E-state index in [1.165, 1.54) is 5.56 Å². The van der Waals surface area contributed by atoms with Crippen LogP contribution in [-0.4, -0.2) is 5.78 Å². The number of halogens is 1. The van der Waals surface area contributed by atoms with Gasteiger partial charge in [0.2, 0.25) is 0 Å². The Hall–Kier alpha value is -1.41. The first-order valence-electron chi connectivity index (χ1n) is 6.56. The number of Topliss-reactive ketones (excluding diaryl/α,β-unsaturated/α-hetero) is 1. The lowest BCUT2D eigenvalue weighted by atomic mass is 10.0. The van der Waals surface area contributed by atoms with Gasteiger partial charge in [0.25, 0.3) is 0 Å². The molecule has 0 saturated carbocycles. The van der Waals surface area contributed by atoms with E-state index in [4.69, 9.17) is 0 Å². The molecular weight excluding hydrogens is 300 g/mol. The maximum Gasteiger partial charge on any atom is 0.167 e. The predicted molar refractivity (Wildman–Crippen MR) is 82.6 cm³/mol. The molecule has 0 bridgehead atoms. The van der Waals surface area contributed by atoms with Crippen molar-refractivity contribution in [2.24, 2.45) is 0 Å². The number of carbonyl (C=O) groups is 1. The molecule has 0 radical (unpaired) electrons. The molecule has 98 valence electrons. The van der Waals surface area contributed by atoms with E-state index in [0.29, 0.717) is 6.42 Å². The third-order valence-corrected chi connectivity index (χ3v) is 3.90. The highest BCUT2D eigenvalue weighted by atomic mass is 79.9. The molecule has 2 heteroatoms. The predicted octanol–water partition coefficient (Wildman–Crippen LogP) is 4.83. The highest BCUT2D eigenvalue weighted by molar-refractivity contribution is 9.10. The van der Waals surface area contributed by atoms with Gasteiger partial charge >= 0.3 is 0 Å². The van der Waals surface area contributed by atoms with Crippen molar-refractivity contribution in [2.45, 2.75) is 26.2 Å². The first-order chi connectivity index (χ1) is 9.20. The summed E-state index contributed by atoms with van der Waals surface area (Å²) >= 11 is 3.48. The average molecular weight is 317 g/mol. The summed E-state index contributed by atoms with van der Waals surface area (Å²) in [5.41, 5.74) is 3.11. The van der Waals surface area contributed by atoms with Gasteiger partial charge in [-0.15, -0.1) is 0 Å². The molecule has 0 aliphatic heterocycles. The Morgan fingerprint density at radius 1 is 1.05 bits per heavy atom. The zero-order chi connectivity index (χ0) is 13.7. The van der Waals surface area contributed by atoms with Crippen LogP contribution in [0.2, 0.25) is 0 Å². The van der Waals surface area contributed by atoms with Gasteiger partial charge in [-0.25, -0.2) is 0 Å². The van der Waals surface area contributed by atoms with Crippen LogP contribution in [0.4, 0.5) is 0 Å². The monoisotopic (exact) mass is 316 g/mol. The van der Waals surface area contributed by atoms with Crippen LogP contribution >= 0.6 is 15.9 Å². The van der Waals surface area contributed by atoms with E-state index < -0.39 is 0 Å². The lowest BCUT2D eigenvalue weighted by molar-refractivity contribution is 0.0993. The topological polar surface area (TPSA) is 17.1 Å². The van der Waals surface area contributed by atoms with Crippen LogP contribution in [-0.2, 0) is 12.8 Å². The molecule has 0 saturated heterocycles. The van der Waals surface area contributed by atoms with E-state index in [1.54, 1.807) is 0 Å². The molecule has 0 N–H and O–H groups in total. The summed E-state index contributed by atoms with van der Waals surface area (Å²) in [5, 5.41) is 0. The zero-order valence-electron chi connectivity index (χ0n) is 11.0. The van der Waals surface area contributed by atoms with E-state index >= 15 is 0 Å². The van der Waals surface area contributed by atoms with Crippen LogP contribution in [0.1, 0.15) is 34.8 Å². The summed E-state index contributed by atoms with van der Waals surface area (Å²) < 4.78 is 0.992. The van der Waals surface area contributed by atoms with Crippen LogP contribution < -0.4 is 0 Å². The summed E-state index contributed by atoms with van der Waals surface area (Å²) in [6.07, 6.45) is 2.64. The van der Waals surface area contributed by atoms with Gasteiger partial charge in [0.15, 0.2) is 5.78 Å². The standard InChI is InChI=1S/C17H17BrO/c1-2-5-13-8-10-14(11-9-13)17(19)12-15-6-3-4-7-16(15)18/h3-4,6-11H,2,5,12H2,1H3. The van der Waals surface area contributed by atoms with Crippen molar-refractivity contribution < 1.29 is 4.79 Å². The highest BCUT2D eigenvalue weighted by Gasteiger charge is 2.08. The van der Waals surface area contributed by atoms with Crippen molar-refractivity contribution in [3.63, 3.8) is 0 Å². The molecular formula is C17H17BrO. The van der Waals surface area contributed by atoms with Crippen molar-refractivity contribution in [2.75, 3.05) is 0 Å². The summed E-state index contributed by atoms with van der Waals surface area (Å²) in [5.74, 6) is 0.162. The molecule has 0 aliphatic rings. The van der Waals surface area contributed by atoms with Crippen molar-refractivity contribution in [3.05, 3.63) is 69.7 Å². The Labute approximate surface area is 122 Å². The molecule has 19 heavy (non-hydrogen) atoms. The van der Waals surface area contributed by atoms with E-state index in [0.717, 1.165) is 28.4 Å². The van der Waals surface area contributed by atoms with Gasteiger partial charge in [-0.05, 0) is 23.6 Å². The van der Waals surface area contributed by atoms with Crippen LogP contribution in [0, 0.1) is 0 Å². The molecule has 0 atom stereocenters. The fourth-order valence-corrected chi connectivity index (χ4v) is 2.49. The second-order valence-corrected chi connectivity index (χ2v) is 5.49. The minimum Gasteiger partial charge on any atom is -0.294 e. The molecule has 0 fully saturated rings. The summed E-state index contributed by atoms with van der Waals surface area (Å²) in [7, 11) is 0. The Morgan fingerprint density at radius 3 is 2.37 bits per heavy atom. The number of ketones is 1. The maximum atomic E-state index is 12.2. The quantitative estimate of drug-likeness (QED) is 0.722. The van der Waals surface area contributed by atoms with Crippen LogP contribution in [0.25, 0.3) is 0 Å². The molecule has 0 unspecified atom stereocenters. The van der Waals surface area contributed by atoms with Gasteiger partial charge in [0.05, 0.1) is 0 Å². The fraction of sp³-hybridized carbons (Fsp3) is 0.235. The van der Waals surface area contributed by atoms with Crippen LogP contribution in [0.3, 0.4) is 0 Å². The van der Waals surface area contributed by atoms with E-state index in [1.807, 2.05) is 36.4 Å². The Kier molecular flexibility index (Phi) is 4.92. The molecule has 1 nitrogen and oxygen atoms in total. The minimum absolute atomic E-state index is 0.162. The van der Waals surface area contributed by atoms with Crippen molar-refractivity contribution in [3.8, 4) is 0 Å². The molecule has 0 aliphatic carbocycles. The van der Waals surface area contributed by atoms with Crippen LogP contribution in [0.5, 0.6) is 0 Å². The average Bonchev–Trinajstić information content (AvgIpc) is 2.42. The van der Waals surface area contributed by atoms with Gasteiger partial charge in [-0.3, -0.25) is 4.79 Å². The summed E-state index contributed by atoms with van der Waals surface area (Å²) in [4.78, 5) is 12.2. The van der Waals surface area contributed by atoms with Crippen LogP contribution in [0.15, 0.2) is 53.0 Å². The molecule has 0 heterocycles. The summed E-state index contributed by atoms with van der Waals surface area (Å²) in [6, 6.07) is 15.8. The normalized spacial score (nSPS) is 10.4. The zero-order valence-corrected chi connectivity index (χ0v) is 12.6. The minimum atomic E-state index is 0.162. The molecule has 0 amide bonds. The van der Waals surface area contributed by atoms with Gasteiger partial charge < -0.3 is 0 Å². The van der Waals surface area contributed by atoms with Gasteiger partial charge in [-0.2, -0.15) is 0 Å². The second kappa shape index (κ2) is 6.67. The van der Waals surface area contributed by atoms with E-state index in [-0.39, 0.29) is 5.78 Å². The smallest absolute Gasteiger partial charge is 0.167 e. The number of benzene rings is 2. The number of carbonyl (C=O) groups excluding carboxylic acids is 1. The van der Waals surface area contributed by atoms with E-state index in [2.05, 4.69) is 35.0 Å². The third kappa shape index (κ3) is 3.77. The lowest BCUT2D eigenvalue weighted by Crippen LogP contribution is -2.04. The van der Waals surface area contributed by atoms with Crippen molar-refractivity contribution in [1.82, 2.24) is 0 Å². The largest absolute Gasteiger partial charge is 0.294 e. The molecule has 0 aromatic heterocycles. The number of hydrogen-bond donors (Lipinski definition) is 0. The van der Waals surface area contributed by atoms with E-state index in [9.17, 15) is 4.79 Å². The second-order valence-electron chi connectivity index (χ2n) is 4.64. The number of rotatable bonds is 5. The third-order valence-electron chi connectivity index (χ3n) is 3.12. The molecule has 2 aromatic carbocycles. The first kappa shape index (κ1) is 14.0. The first-order valence-corrected chi connectivity index (χ1v) is 7.35. The Balaban J connectivity index is 2.10. The fourth-order valence-electron chi connectivity index (χ4n) is 2.06. The molecule has 2 aromatic rings. The van der Waals surface area contributed by atoms with Crippen molar-refractivity contribution in [1.29, 1.82) is 0 Å². The number of hydrogen-bond acceptors (Lipinski definition) is 1. The number of aryl methyl sites for hydroxylation is 1. The molecule has 2 rings (SSSR count). The maximum absolute atomic E-state index is 12.2.